The summed E-state index contributed by atoms with van der Waals surface area (Å²) in [5.41, 5.74) is 2.11. The predicted molar refractivity (Wildman–Crippen MR) is 86.0 cm³/mol. The lowest BCUT2D eigenvalue weighted by Crippen LogP contribution is -2.45. The highest BCUT2D eigenvalue weighted by atomic mass is 32.1. The van der Waals surface area contributed by atoms with E-state index in [9.17, 15) is 0 Å². The van der Waals surface area contributed by atoms with Crippen LogP contribution in [0.5, 0.6) is 0 Å². The minimum absolute atomic E-state index is 1.02. The summed E-state index contributed by atoms with van der Waals surface area (Å²) in [5, 5.41) is 6.76. The molecule has 4 heterocycles. The zero-order chi connectivity index (χ0) is 14.2. The minimum atomic E-state index is 1.02. The molecule has 0 atom stereocenters. The Kier molecular flexibility index (Phi) is 3.12. The van der Waals surface area contributed by atoms with Crippen LogP contribution < -0.4 is 4.90 Å². The van der Waals surface area contributed by atoms with Gasteiger partial charge in [0.2, 0.25) is 0 Å². The van der Waals surface area contributed by atoms with Gasteiger partial charge in [-0.2, -0.15) is 5.10 Å². The average Bonchev–Trinajstić information content (AvgIpc) is 3.16. The molecular formula is C15H17N5S. The van der Waals surface area contributed by atoms with Crippen LogP contribution >= 0.6 is 11.3 Å². The third-order valence-electron chi connectivity index (χ3n) is 3.95. The summed E-state index contributed by atoms with van der Waals surface area (Å²) in [5.74, 6) is 1.04. The quantitative estimate of drug-likeness (QED) is 0.727. The average molecular weight is 299 g/mol. The molecule has 0 unspecified atom stereocenters. The Morgan fingerprint density at radius 1 is 1.19 bits per heavy atom. The third-order valence-corrected chi connectivity index (χ3v) is 4.84. The smallest absolute Gasteiger partial charge is 0.154 e. The summed E-state index contributed by atoms with van der Waals surface area (Å²) in [6.45, 7) is 4.19. The molecule has 0 radical (unpaired) electrons. The zero-order valence-electron chi connectivity index (χ0n) is 11.9. The highest BCUT2D eigenvalue weighted by Gasteiger charge is 2.19. The van der Waals surface area contributed by atoms with Gasteiger partial charge in [0.05, 0.1) is 4.88 Å². The second-order valence-electron chi connectivity index (χ2n) is 5.38. The fraction of sp³-hybridized carbons (Fsp3) is 0.333. The molecule has 0 bridgehead atoms. The fourth-order valence-electron chi connectivity index (χ4n) is 2.71. The highest BCUT2D eigenvalue weighted by molar-refractivity contribution is 7.13. The highest BCUT2D eigenvalue weighted by Crippen LogP contribution is 2.28. The summed E-state index contributed by atoms with van der Waals surface area (Å²) >= 11 is 1.72. The fourth-order valence-corrected chi connectivity index (χ4v) is 3.40. The van der Waals surface area contributed by atoms with Crippen molar-refractivity contribution in [2.45, 2.75) is 0 Å². The summed E-state index contributed by atoms with van der Waals surface area (Å²) in [7, 11) is 2.17. The molecular weight excluding hydrogens is 282 g/mol. The van der Waals surface area contributed by atoms with E-state index >= 15 is 0 Å². The van der Waals surface area contributed by atoms with Crippen molar-refractivity contribution in [1.29, 1.82) is 0 Å². The van der Waals surface area contributed by atoms with E-state index in [1.54, 1.807) is 11.3 Å². The number of nitrogens with zero attached hydrogens (tertiary/aromatic N) is 5. The van der Waals surface area contributed by atoms with Gasteiger partial charge < -0.3 is 9.80 Å². The standard InChI is InChI=1S/C15H17N5S/c1-18-6-8-19(9-7-18)15-13-11-12(14-3-2-10-21-14)17-20(13)5-4-16-15/h2-5,10-11H,6-9H2,1H3. The van der Waals surface area contributed by atoms with Crippen LogP contribution in [-0.4, -0.2) is 52.7 Å². The van der Waals surface area contributed by atoms with Gasteiger partial charge in [0.25, 0.3) is 0 Å². The van der Waals surface area contributed by atoms with Crippen LogP contribution in [0.3, 0.4) is 0 Å². The topological polar surface area (TPSA) is 36.7 Å². The van der Waals surface area contributed by atoms with Crippen LogP contribution in [0.2, 0.25) is 0 Å². The maximum Gasteiger partial charge on any atom is 0.154 e. The molecule has 5 nitrogen and oxygen atoms in total. The van der Waals surface area contributed by atoms with Gasteiger partial charge >= 0.3 is 0 Å². The molecule has 108 valence electrons. The summed E-state index contributed by atoms with van der Waals surface area (Å²) in [4.78, 5) is 10.5. The van der Waals surface area contributed by atoms with Crippen molar-refractivity contribution < 1.29 is 0 Å². The van der Waals surface area contributed by atoms with Gasteiger partial charge in [0, 0.05) is 38.6 Å². The first-order valence-electron chi connectivity index (χ1n) is 7.13. The molecule has 6 heteroatoms. The Labute approximate surface area is 127 Å². The number of hydrogen-bond acceptors (Lipinski definition) is 5. The Morgan fingerprint density at radius 2 is 2.05 bits per heavy atom. The number of aromatic nitrogens is 3. The van der Waals surface area contributed by atoms with Crippen molar-refractivity contribution in [2.75, 3.05) is 38.1 Å². The van der Waals surface area contributed by atoms with Crippen LogP contribution in [0, 0.1) is 0 Å². The molecule has 21 heavy (non-hydrogen) atoms. The number of hydrogen-bond donors (Lipinski definition) is 0. The van der Waals surface area contributed by atoms with Gasteiger partial charge in [-0.3, -0.25) is 0 Å². The molecule has 0 aliphatic carbocycles. The number of rotatable bonds is 2. The lowest BCUT2D eigenvalue weighted by molar-refractivity contribution is 0.312. The molecule has 1 saturated heterocycles. The van der Waals surface area contributed by atoms with Crippen molar-refractivity contribution in [3.05, 3.63) is 36.0 Å². The van der Waals surface area contributed by atoms with Gasteiger partial charge in [-0.1, -0.05) is 6.07 Å². The van der Waals surface area contributed by atoms with Crippen LogP contribution in [0.1, 0.15) is 0 Å². The molecule has 1 aliphatic heterocycles. The number of fused-ring (bicyclic) bond motifs is 1. The van der Waals surface area contributed by atoms with Crippen LogP contribution in [-0.2, 0) is 0 Å². The second kappa shape index (κ2) is 5.13. The normalized spacial score (nSPS) is 16.7. The number of anilines is 1. The van der Waals surface area contributed by atoms with Gasteiger partial charge in [-0.15, -0.1) is 11.3 Å². The molecule has 1 aliphatic rings. The Bertz CT molecular complexity index is 741. The van der Waals surface area contributed by atoms with E-state index in [1.807, 2.05) is 16.9 Å². The van der Waals surface area contributed by atoms with Gasteiger partial charge in [-0.05, 0) is 24.6 Å². The maximum absolute atomic E-state index is 4.68. The maximum atomic E-state index is 4.68. The number of likely N-dealkylation sites (N-methyl/N-ethyl adjacent to an activating group) is 1. The van der Waals surface area contributed by atoms with Crippen molar-refractivity contribution in [1.82, 2.24) is 19.5 Å². The van der Waals surface area contributed by atoms with Crippen molar-refractivity contribution in [3.8, 4) is 10.6 Å². The molecule has 3 aromatic rings. The van der Waals surface area contributed by atoms with E-state index in [1.165, 1.54) is 4.88 Å². The van der Waals surface area contributed by atoms with Crippen LogP contribution in [0.25, 0.3) is 16.1 Å². The first-order valence-corrected chi connectivity index (χ1v) is 8.01. The van der Waals surface area contributed by atoms with Crippen molar-refractivity contribution in [2.24, 2.45) is 0 Å². The van der Waals surface area contributed by atoms with E-state index in [2.05, 4.69) is 50.5 Å². The summed E-state index contributed by atoms with van der Waals surface area (Å²) in [6, 6.07) is 6.31. The summed E-state index contributed by atoms with van der Waals surface area (Å²) < 4.78 is 1.94. The molecule has 3 aromatic heterocycles. The summed E-state index contributed by atoms with van der Waals surface area (Å²) in [6.07, 6.45) is 3.76. The molecule has 0 spiro atoms. The Hall–Kier alpha value is -1.92. The Morgan fingerprint density at radius 3 is 2.81 bits per heavy atom. The number of thiophene rings is 1. The van der Waals surface area contributed by atoms with E-state index in [4.69, 9.17) is 0 Å². The molecule has 4 rings (SSSR count). The molecule has 0 saturated carbocycles. The first-order chi connectivity index (χ1) is 10.3. The van der Waals surface area contributed by atoms with E-state index < -0.39 is 0 Å². The second-order valence-corrected chi connectivity index (χ2v) is 6.33. The lowest BCUT2D eigenvalue weighted by Gasteiger charge is -2.33. The van der Waals surface area contributed by atoms with Gasteiger partial charge in [-0.25, -0.2) is 9.50 Å². The van der Waals surface area contributed by atoms with E-state index in [0.717, 1.165) is 43.2 Å². The van der Waals surface area contributed by atoms with Crippen molar-refractivity contribution >= 4 is 22.7 Å². The van der Waals surface area contributed by atoms with E-state index in [0.29, 0.717) is 0 Å². The van der Waals surface area contributed by atoms with Crippen molar-refractivity contribution in [3.63, 3.8) is 0 Å². The predicted octanol–water partition coefficient (Wildman–Crippen LogP) is 2.21. The van der Waals surface area contributed by atoms with E-state index in [-0.39, 0.29) is 0 Å². The molecule has 0 aromatic carbocycles. The first kappa shape index (κ1) is 12.8. The van der Waals surface area contributed by atoms with Gasteiger partial charge in [0.1, 0.15) is 11.2 Å². The molecule has 0 amide bonds. The monoisotopic (exact) mass is 299 g/mol. The third kappa shape index (κ3) is 2.30. The zero-order valence-corrected chi connectivity index (χ0v) is 12.8. The Balaban J connectivity index is 1.76. The molecule has 0 N–H and O–H groups in total. The van der Waals surface area contributed by atoms with Crippen LogP contribution in [0.4, 0.5) is 5.82 Å². The minimum Gasteiger partial charge on any atom is -0.352 e. The molecule has 1 fully saturated rings. The van der Waals surface area contributed by atoms with Gasteiger partial charge in [0.15, 0.2) is 5.82 Å². The largest absolute Gasteiger partial charge is 0.352 e. The van der Waals surface area contributed by atoms with Crippen LogP contribution in [0.15, 0.2) is 36.0 Å². The SMILES string of the molecule is CN1CCN(c2nccn3nc(-c4cccs4)cc23)CC1. The lowest BCUT2D eigenvalue weighted by atomic mass is 10.3. The number of piperazine rings is 1.